The van der Waals surface area contributed by atoms with Gasteiger partial charge in [-0.2, -0.15) is 0 Å². The van der Waals surface area contributed by atoms with Gasteiger partial charge in [0.05, 0.1) is 0 Å². The first kappa shape index (κ1) is 27.0. The molecule has 2 N–H and O–H groups in total. The van der Waals surface area contributed by atoms with E-state index in [-0.39, 0.29) is 37.2 Å². The molecule has 1 amide bonds. The van der Waals surface area contributed by atoms with Gasteiger partial charge in [-0.25, -0.2) is 9.79 Å². The Morgan fingerprint density at radius 3 is 1.38 bits per heavy atom. The van der Waals surface area contributed by atoms with Crippen LogP contribution in [0.15, 0.2) is 4.99 Å². The topological polar surface area (TPSA) is 121 Å². The zero-order valence-corrected chi connectivity index (χ0v) is 17.8. The highest BCUT2D eigenvalue weighted by Gasteiger charge is 2.12. The van der Waals surface area contributed by atoms with Crippen LogP contribution in [0.2, 0.25) is 0 Å². The van der Waals surface area contributed by atoms with Gasteiger partial charge in [-0.05, 0) is 19.8 Å². The predicted molar refractivity (Wildman–Crippen MR) is 112 cm³/mol. The van der Waals surface area contributed by atoms with Gasteiger partial charge in [-0.1, -0.05) is 64.2 Å². The van der Waals surface area contributed by atoms with Crippen LogP contribution in [-0.4, -0.2) is 39.6 Å². The molecule has 0 bridgehead atoms. The van der Waals surface area contributed by atoms with E-state index >= 15 is 0 Å². The van der Waals surface area contributed by atoms with Crippen LogP contribution in [0, 0.1) is 0 Å². The first-order valence-electron chi connectivity index (χ1n) is 10.9. The van der Waals surface area contributed by atoms with Crippen LogP contribution in [-0.2, 0) is 19.2 Å². The highest BCUT2D eigenvalue weighted by Crippen LogP contribution is 2.13. The minimum absolute atomic E-state index is 0.00125. The summed E-state index contributed by atoms with van der Waals surface area (Å²) < 4.78 is 0. The maximum Gasteiger partial charge on any atom is 0.350 e. The lowest BCUT2D eigenvalue weighted by atomic mass is 10.0. The van der Waals surface area contributed by atoms with Crippen molar-refractivity contribution < 1.29 is 29.4 Å². The molecule has 0 heterocycles. The summed E-state index contributed by atoms with van der Waals surface area (Å²) in [6.07, 6.45) is 13.3. The Hall–Kier alpha value is -2.05. The largest absolute Gasteiger partial charge is 0.481 e. The Balaban J connectivity index is 3.58. The molecule has 0 aromatic rings. The highest BCUT2D eigenvalue weighted by molar-refractivity contribution is 6.37. The molecule has 0 unspecified atom stereocenters. The van der Waals surface area contributed by atoms with E-state index in [1.807, 2.05) is 0 Å². The Labute approximate surface area is 174 Å². The quantitative estimate of drug-likeness (QED) is 0.229. The lowest BCUT2D eigenvalue weighted by Crippen LogP contribution is -2.16. The van der Waals surface area contributed by atoms with E-state index in [0.717, 1.165) is 38.5 Å². The number of rotatable bonds is 19. The fraction of sp³-hybridized carbons (Fsp3) is 0.773. The average Bonchev–Trinajstić information content (AvgIpc) is 2.64. The standard InChI is InChI=1S/C22H37NO6/c1-18(24)16-17-19(22(28)29)23-20(25)14-12-10-8-6-4-2-3-5-7-9-11-13-15-21(26)27/h2-17H2,1H3,(H,26,27)(H,28,29). The molecule has 0 rings (SSSR count). The van der Waals surface area contributed by atoms with Crippen LogP contribution in [0.5, 0.6) is 0 Å². The number of amides is 1. The molecule has 0 aliphatic rings. The monoisotopic (exact) mass is 411 g/mol. The SMILES string of the molecule is CC(=O)CCC(=NC(=O)CCCCCCCCCCCCCCC(=O)O)C(=O)O. The molecule has 0 aliphatic heterocycles. The van der Waals surface area contributed by atoms with Crippen LogP contribution in [0.3, 0.4) is 0 Å². The van der Waals surface area contributed by atoms with E-state index in [0.29, 0.717) is 6.42 Å². The number of unbranched alkanes of at least 4 members (excludes halogenated alkanes) is 11. The molecule has 166 valence electrons. The summed E-state index contributed by atoms with van der Waals surface area (Å²) in [7, 11) is 0. The molecule has 0 radical (unpaired) electrons. The Bertz CT molecular complexity index is 541. The molecule has 0 spiro atoms. The molecular weight excluding hydrogens is 374 g/mol. The number of carbonyl (C=O) groups is 4. The predicted octanol–water partition coefficient (Wildman–Crippen LogP) is 4.95. The molecule has 0 fully saturated rings. The van der Waals surface area contributed by atoms with E-state index in [1.54, 1.807) is 0 Å². The fourth-order valence-corrected chi connectivity index (χ4v) is 3.03. The number of hydrogen-bond donors (Lipinski definition) is 2. The number of hydrogen-bond acceptors (Lipinski definition) is 4. The third kappa shape index (κ3) is 19.1. The number of ketones is 1. The van der Waals surface area contributed by atoms with E-state index in [9.17, 15) is 19.2 Å². The summed E-state index contributed by atoms with van der Waals surface area (Å²) in [5.74, 6) is -2.49. The van der Waals surface area contributed by atoms with Gasteiger partial charge < -0.3 is 15.0 Å². The Morgan fingerprint density at radius 1 is 0.586 bits per heavy atom. The number of carbonyl (C=O) groups excluding carboxylic acids is 2. The number of nitrogens with zero attached hydrogens (tertiary/aromatic N) is 1. The van der Waals surface area contributed by atoms with Crippen LogP contribution in [0.1, 0.15) is 110 Å². The smallest absolute Gasteiger partial charge is 0.350 e. The van der Waals surface area contributed by atoms with Gasteiger partial charge in [-0.3, -0.25) is 9.59 Å². The minimum atomic E-state index is -1.24. The normalized spacial score (nSPS) is 11.4. The van der Waals surface area contributed by atoms with Crippen molar-refractivity contribution in [3.8, 4) is 0 Å². The van der Waals surface area contributed by atoms with Crippen molar-refractivity contribution in [2.75, 3.05) is 0 Å². The summed E-state index contributed by atoms with van der Waals surface area (Å²) in [6.45, 7) is 1.38. The van der Waals surface area contributed by atoms with Crippen molar-refractivity contribution in [3.05, 3.63) is 0 Å². The third-order valence-electron chi connectivity index (χ3n) is 4.75. The van der Waals surface area contributed by atoms with Crippen LogP contribution >= 0.6 is 0 Å². The molecule has 7 nitrogen and oxygen atoms in total. The number of aliphatic carboxylic acids is 2. The van der Waals surface area contributed by atoms with Gasteiger partial charge in [-0.15, -0.1) is 0 Å². The van der Waals surface area contributed by atoms with Crippen molar-refractivity contribution in [2.24, 2.45) is 4.99 Å². The summed E-state index contributed by atoms with van der Waals surface area (Å²) >= 11 is 0. The molecule has 0 aromatic carbocycles. The molecule has 0 aromatic heterocycles. The van der Waals surface area contributed by atoms with Crippen molar-refractivity contribution in [3.63, 3.8) is 0 Å². The molecular formula is C22H37NO6. The zero-order valence-electron chi connectivity index (χ0n) is 17.8. The Morgan fingerprint density at radius 2 is 1.00 bits per heavy atom. The van der Waals surface area contributed by atoms with Crippen LogP contribution in [0.25, 0.3) is 0 Å². The van der Waals surface area contributed by atoms with Gasteiger partial charge in [0.2, 0.25) is 5.91 Å². The number of carboxylic acids is 2. The molecule has 0 saturated carbocycles. The minimum Gasteiger partial charge on any atom is -0.481 e. The first-order valence-corrected chi connectivity index (χ1v) is 10.9. The maximum absolute atomic E-state index is 11.8. The molecule has 0 aliphatic carbocycles. The average molecular weight is 412 g/mol. The van der Waals surface area contributed by atoms with Crippen molar-refractivity contribution in [1.29, 1.82) is 0 Å². The second-order valence-corrected chi connectivity index (χ2v) is 7.60. The summed E-state index contributed by atoms with van der Waals surface area (Å²) in [5.41, 5.74) is -0.230. The first-order chi connectivity index (χ1) is 13.8. The Kier molecular flexibility index (Phi) is 16.7. The molecule has 0 saturated heterocycles. The van der Waals surface area contributed by atoms with E-state index < -0.39 is 17.8 Å². The van der Waals surface area contributed by atoms with Gasteiger partial charge in [0, 0.05) is 25.7 Å². The lowest BCUT2D eigenvalue weighted by molar-refractivity contribution is -0.137. The van der Waals surface area contributed by atoms with Crippen LogP contribution < -0.4 is 0 Å². The third-order valence-corrected chi connectivity index (χ3v) is 4.75. The van der Waals surface area contributed by atoms with Gasteiger partial charge in [0.15, 0.2) is 0 Å². The van der Waals surface area contributed by atoms with Gasteiger partial charge in [0.25, 0.3) is 0 Å². The van der Waals surface area contributed by atoms with E-state index in [2.05, 4.69) is 4.99 Å². The summed E-state index contributed by atoms with van der Waals surface area (Å²) in [6, 6.07) is 0. The van der Waals surface area contributed by atoms with Crippen molar-refractivity contribution in [1.82, 2.24) is 0 Å². The number of carboxylic acid groups (broad SMARTS) is 2. The van der Waals surface area contributed by atoms with Crippen LogP contribution in [0.4, 0.5) is 0 Å². The number of aliphatic imine (C=N–C) groups is 1. The van der Waals surface area contributed by atoms with E-state index in [1.165, 1.54) is 39.0 Å². The zero-order chi connectivity index (χ0) is 21.9. The maximum atomic E-state index is 11.8. The number of Topliss-reactive ketones (excluding diaryl/α,β-unsaturated/α-hetero) is 1. The molecule has 7 heteroatoms. The van der Waals surface area contributed by atoms with Gasteiger partial charge >= 0.3 is 11.9 Å². The molecule has 0 atom stereocenters. The fourth-order valence-electron chi connectivity index (χ4n) is 3.03. The lowest BCUT2D eigenvalue weighted by Gasteiger charge is -2.03. The summed E-state index contributed by atoms with van der Waals surface area (Å²) in [4.78, 5) is 47.8. The second-order valence-electron chi connectivity index (χ2n) is 7.60. The van der Waals surface area contributed by atoms with Crippen molar-refractivity contribution >= 4 is 29.3 Å². The van der Waals surface area contributed by atoms with Crippen molar-refractivity contribution in [2.45, 2.75) is 110 Å². The summed E-state index contributed by atoms with van der Waals surface area (Å²) in [5, 5.41) is 17.6. The van der Waals surface area contributed by atoms with Gasteiger partial charge in [0.1, 0.15) is 11.5 Å². The second kappa shape index (κ2) is 18.0. The molecule has 29 heavy (non-hydrogen) atoms. The van der Waals surface area contributed by atoms with E-state index in [4.69, 9.17) is 10.2 Å². The highest BCUT2D eigenvalue weighted by atomic mass is 16.4.